The first kappa shape index (κ1) is 15.1. The summed E-state index contributed by atoms with van der Waals surface area (Å²) in [7, 11) is 3.26. The molecule has 2 N–H and O–H groups in total. The van der Waals surface area contributed by atoms with Gasteiger partial charge in [0.05, 0.1) is 14.2 Å². The van der Waals surface area contributed by atoms with Gasteiger partial charge in [0.25, 0.3) is 0 Å². The van der Waals surface area contributed by atoms with Crippen LogP contribution >= 0.6 is 12.4 Å². The van der Waals surface area contributed by atoms with E-state index in [1.165, 1.54) is 0 Å². The van der Waals surface area contributed by atoms with Crippen molar-refractivity contribution in [3.63, 3.8) is 0 Å². The summed E-state index contributed by atoms with van der Waals surface area (Å²) in [6, 6.07) is 5.90. The van der Waals surface area contributed by atoms with Gasteiger partial charge in [0.1, 0.15) is 0 Å². The molecule has 0 spiro atoms. The van der Waals surface area contributed by atoms with Crippen molar-refractivity contribution in [1.29, 1.82) is 0 Å². The number of benzene rings is 1. The molecule has 0 aliphatic rings. The van der Waals surface area contributed by atoms with Crippen molar-refractivity contribution >= 4 is 12.4 Å². The van der Waals surface area contributed by atoms with Crippen molar-refractivity contribution in [2.75, 3.05) is 14.2 Å². The summed E-state index contributed by atoms with van der Waals surface area (Å²) in [5.74, 6) is 1.48. The number of halogens is 1. The second-order valence-corrected chi connectivity index (χ2v) is 3.51. The molecule has 92 valence electrons. The van der Waals surface area contributed by atoms with Crippen molar-refractivity contribution < 1.29 is 9.47 Å². The van der Waals surface area contributed by atoms with Crippen molar-refractivity contribution in [3.8, 4) is 11.5 Å². The molecule has 4 heteroatoms. The number of ether oxygens (including phenoxy) is 2. The Bertz CT molecular complexity index is 318. The van der Waals surface area contributed by atoms with Crippen LogP contribution in [-0.2, 0) is 0 Å². The highest BCUT2D eigenvalue weighted by molar-refractivity contribution is 5.85. The van der Waals surface area contributed by atoms with Crippen LogP contribution in [0, 0.1) is 0 Å². The van der Waals surface area contributed by atoms with E-state index < -0.39 is 0 Å². The minimum atomic E-state index is 0. The molecule has 0 bridgehead atoms. The van der Waals surface area contributed by atoms with E-state index in [1.54, 1.807) is 14.2 Å². The van der Waals surface area contributed by atoms with Gasteiger partial charge in [-0.15, -0.1) is 12.4 Å². The standard InChI is InChI=1S/C12H19NO2.ClH/c1-4-5-10(13)9-6-7-11(14-2)12(8-9)15-3;/h6-8,10H,4-5,13H2,1-3H3;1H/t10-;/m0./s1. The SMILES string of the molecule is CCC[C@H](N)c1ccc(OC)c(OC)c1.Cl. The normalized spacial score (nSPS) is 11.5. The van der Waals surface area contributed by atoms with E-state index in [9.17, 15) is 0 Å². The van der Waals surface area contributed by atoms with Gasteiger partial charge in [0, 0.05) is 6.04 Å². The number of nitrogens with two attached hydrogens (primary N) is 1. The maximum Gasteiger partial charge on any atom is 0.161 e. The molecule has 0 aliphatic carbocycles. The van der Waals surface area contributed by atoms with E-state index in [0.717, 1.165) is 29.9 Å². The first-order chi connectivity index (χ1) is 7.22. The van der Waals surface area contributed by atoms with Crippen molar-refractivity contribution in [2.24, 2.45) is 5.73 Å². The maximum absolute atomic E-state index is 6.02. The summed E-state index contributed by atoms with van der Waals surface area (Å²) >= 11 is 0. The van der Waals surface area contributed by atoms with Crippen LogP contribution in [0.3, 0.4) is 0 Å². The van der Waals surface area contributed by atoms with Gasteiger partial charge in [0.2, 0.25) is 0 Å². The molecule has 0 heterocycles. The largest absolute Gasteiger partial charge is 0.493 e. The zero-order valence-corrected chi connectivity index (χ0v) is 10.8. The van der Waals surface area contributed by atoms with E-state index >= 15 is 0 Å². The van der Waals surface area contributed by atoms with Gasteiger partial charge in [-0.1, -0.05) is 19.4 Å². The van der Waals surface area contributed by atoms with Crippen LogP contribution < -0.4 is 15.2 Å². The Labute approximate surface area is 103 Å². The van der Waals surface area contributed by atoms with Gasteiger partial charge in [-0.3, -0.25) is 0 Å². The van der Waals surface area contributed by atoms with Crippen LogP contribution in [0.2, 0.25) is 0 Å². The molecule has 0 unspecified atom stereocenters. The summed E-state index contributed by atoms with van der Waals surface area (Å²) in [5, 5.41) is 0. The average Bonchev–Trinajstić information content (AvgIpc) is 2.28. The molecule has 16 heavy (non-hydrogen) atoms. The third kappa shape index (κ3) is 3.58. The van der Waals surface area contributed by atoms with E-state index in [1.807, 2.05) is 18.2 Å². The van der Waals surface area contributed by atoms with Gasteiger partial charge in [-0.05, 0) is 24.1 Å². The van der Waals surface area contributed by atoms with E-state index in [0.29, 0.717) is 0 Å². The monoisotopic (exact) mass is 245 g/mol. The molecular weight excluding hydrogens is 226 g/mol. The maximum atomic E-state index is 6.02. The van der Waals surface area contributed by atoms with Gasteiger partial charge >= 0.3 is 0 Å². The van der Waals surface area contributed by atoms with Gasteiger partial charge in [0.15, 0.2) is 11.5 Å². The minimum absolute atomic E-state index is 0. The predicted octanol–water partition coefficient (Wildman–Crippen LogP) is 2.93. The molecule has 0 fully saturated rings. The highest BCUT2D eigenvalue weighted by atomic mass is 35.5. The Morgan fingerprint density at radius 3 is 2.31 bits per heavy atom. The van der Waals surface area contributed by atoms with Gasteiger partial charge < -0.3 is 15.2 Å². The first-order valence-electron chi connectivity index (χ1n) is 5.20. The number of methoxy groups -OCH3 is 2. The Morgan fingerprint density at radius 1 is 1.19 bits per heavy atom. The second-order valence-electron chi connectivity index (χ2n) is 3.51. The molecule has 1 aromatic rings. The Morgan fingerprint density at radius 2 is 1.81 bits per heavy atom. The molecule has 0 saturated heterocycles. The number of hydrogen-bond donors (Lipinski definition) is 1. The molecule has 0 amide bonds. The number of hydrogen-bond acceptors (Lipinski definition) is 3. The highest BCUT2D eigenvalue weighted by Crippen LogP contribution is 2.30. The van der Waals surface area contributed by atoms with E-state index in [2.05, 4.69) is 6.92 Å². The Kier molecular flexibility index (Phi) is 6.93. The van der Waals surface area contributed by atoms with Gasteiger partial charge in [-0.25, -0.2) is 0 Å². The lowest BCUT2D eigenvalue weighted by atomic mass is 10.0. The quantitative estimate of drug-likeness (QED) is 0.868. The molecule has 1 atom stereocenters. The van der Waals surface area contributed by atoms with Crippen LogP contribution in [0.25, 0.3) is 0 Å². The van der Waals surface area contributed by atoms with Crippen LogP contribution in [0.1, 0.15) is 31.4 Å². The molecule has 0 aromatic heterocycles. The first-order valence-corrected chi connectivity index (χ1v) is 5.20. The Hall–Kier alpha value is -0.930. The lowest BCUT2D eigenvalue weighted by Gasteiger charge is -2.14. The van der Waals surface area contributed by atoms with Crippen molar-refractivity contribution in [2.45, 2.75) is 25.8 Å². The van der Waals surface area contributed by atoms with Gasteiger partial charge in [-0.2, -0.15) is 0 Å². The van der Waals surface area contributed by atoms with Crippen molar-refractivity contribution in [1.82, 2.24) is 0 Å². The zero-order valence-electron chi connectivity index (χ0n) is 10.0. The fourth-order valence-electron chi connectivity index (χ4n) is 1.56. The number of rotatable bonds is 5. The molecule has 1 rings (SSSR count). The van der Waals surface area contributed by atoms with Crippen LogP contribution in [-0.4, -0.2) is 14.2 Å². The van der Waals surface area contributed by atoms with Crippen LogP contribution in [0.15, 0.2) is 18.2 Å². The molecule has 1 aromatic carbocycles. The molecular formula is C12H20ClNO2. The zero-order chi connectivity index (χ0) is 11.3. The lowest BCUT2D eigenvalue weighted by molar-refractivity contribution is 0.354. The minimum Gasteiger partial charge on any atom is -0.493 e. The summed E-state index contributed by atoms with van der Waals surface area (Å²) in [4.78, 5) is 0. The van der Waals surface area contributed by atoms with Crippen molar-refractivity contribution in [3.05, 3.63) is 23.8 Å². The summed E-state index contributed by atoms with van der Waals surface area (Å²) in [6.45, 7) is 2.13. The van der Waals surface area contributed by atoms with Crippen LogP contribution in [0.4, 0.5) is 0 Å². The molecule has 0 aliphatic heterocycles. The third-order valence-corrected chi connectivity index (χ3v) is 2.44. The van der Waals surface area contributed by atoms with E-state index in [-0.39, 0.29) is 18.4 Å². The lowest BCUT2D eigenvalue weighted by Crippen LogP contribution is -2.09. The second kappa shape index (κ2) is 7.36. The van der Waals surface area contributed by atoms with E-state index in [4.69, 9.17) is 15.2 Å². The summed E-state index contributed by atoms with van der Waals surface area (Å²) in [6.07, 6.45) is 2.06. The predicted molar refractivity (Wildman–Crippen MR) is 68.6 cm³/mol. The third-order valence-electron chi connectivity index (χ3n) is 2.44. The fraction of sp³-hybridized carbons (Fsp3) is 0.500. The molecule has 3 nitrogen and oxygen atoms in total. The fourth-order valence-corrected chi connectivity index (χ4v) is 1.56. The summed E-state index contributed by atoms with van der Waals surface area (Å²) in [5.41, 5.74) is 7.12. The smallest absolute Gasteiger partial charge is 0.161 e. The topological polar surface area (TPSA) is 44.5 Å². The van der Waals surface area contributed by atoms with Crippen LogP contribution in [0.5, 0.6) is 11.5 Å². The molecule has 0 radical (unpaired) electrons. The molecule has 0 saturated carbocycles. The summed E-state index contributed by atoms with van der Waals surface area (Å²) < 4.78 is 10.4. The Balaban J connectivity index is 0.00000225. The highest BCUT2D eigenvalue weighted by Gasteiger charge is 2.09. The average molecular weight is 246 g/mol.